The van der Waals surface area contributed by atoms with Gasteiger partial charge in [0.05, 0.1) is 13.2 Å². The summed E-state index contributed by atoms with van der Waals surface area (Å²) in [4.78, 5) is 23.1. The number of Topliss-reactive ketones (excluding diaryl/α,β-unsaturated/α-hetero) is 1. The molecule has 0 amide bonds. The highest BCUT2D eigenvalue weighted by molar-refractivity contribution is 5.94. The minimum absolute atomic E-state index is 0.0653. The van der Waals surface area contributed by atoms with Crippen LogP contribution < -0.4 is 9.30 Å². The second kappa shape index (κ2) is 11.9. The van der Waals surface area contributed by atoms with E-state index in [2.05, 4.69) is 0 Å². The van der Waals surface area contributed by atoms with Gasteiger partial charge in [0.15, 0.2) is 18.2 Å². The van der Waals surface area contributed by atoms with Crippen LogP contribution in [0.5, 0.6) is 5.75 Å². The van der Waals surface area contributed by atoms with E-state index in [-0.39, 0.29) is 11.8 Å². The molecule has 28 heavy (non-hydrogen) atoms. The zero-order valence-electron chi connectivity index (χ0n) is 16.9. The molecule has 2 aromatic rings. The molecule has 0 N–H and O–H groups in total. The minimum atomic E-state index is -0.260. The Kier molecular flexibility index (Phi) is 9.19. The summed E-state index contributed by atoms with van der Waals surface area (Å²) in [5.41, 5.74) is 1.29. The van der Waals surface area contributed by atoms with Crippen LogP contribution in [-0.4, -0.2) is 25.0 Å². The first-order valence-corrected chi connectivity index (χ1v) is 9.92. The number of hydrogen-bond acceptors (Lipinski definition) is 4. The van der Waals surface area contributed by atoms with Crippen molar-refractivity contribution in [2.24, 2.45) is 7.05 Å². The summed E-state index contributed by atoms with van der Waals surface area (Å²) in [6, 6.07) is 10.9. The molecule has 2 rings (SSSR count). The first kappa shape index (κ1) is 21.6. The Hall–Kier alpha value is -2.69. The van der Waals surface area contributed by atoms with Gasteiger partial charge in [-0.15, -0.1) is 0 Å². The highest BCUT2D eigenvalue weighted by atomic mass is 16.5. The quantitative estimate of drug-likeness (QED) is 0.237. The molecule has 1 aromatic carbocycles. The van der Waals surface area contributed by atoms with Crippen molar-refractivity contribution in [2.75, 3.05) is 13.2 Å². The number of benzene rings is 1. The van der Waals surface area contributed by atoms with Crippen LogP contribution in [0, 0.1) is 0 Å². The lowest BCUT2D eigenvalue weighted by atomic mass is 10.1. The third-order valence-corrected chi connectivity index (χ3v) is 4.48. The lowest BCUT2D eigenvalue weighted by molar-refractivity contribution is -0.671. The largest absolute Gasteiger partial charge is 0.494 e. The van der Waals surface area contributed by atoms with Gasteiger partial charge < -0.3 is 9.47 Å². The van der Waals surface area contributed by atoms with Gasteiger partial charge in [0, 0.05) is 11.6 Å². The number of ketones is 1. The number of esters is 1. The lowest BCUT2D eigenvalue weighted by Crippen LogP contribution is -2.28. The van der Waals surface area contributed by atoms with E-state index >= 15 is 0 Å². The molecule has 1 heterocycles. The van der Waals surface area contributed by atoms with Crippen molar-refractivity contribution in [1.82, 2.24) is 0 Å². The number of hydrogen-bond donors (Lipinski definition) is 0. The number of pyridine rings is 1. The number of ether oxygens (including phenoxy) is 2. The van der Waals surface area contributed by atoms with Crippen LogP contribution in [0.1, 0.15) is 66.2 Å². The van der Waals surface area contributed by atoms with Crippen LogP contribution in [0.3, 0.4) is 0 Å². The van der Waals surface area contributed by atoms with Crippen molar-refractivity contribution in [2.45, 2.75) is 45.4 Å². The maximum Gasteiger partial charge on any atom is 0.344 e. The van der Waals surface area contributed by atoms with Gasteiger partial charge in [-0.3, -0.25) is 4.79 Å². The molecule has 150 valence electrons. The molecule has 0 atom stereocenters. The van der Waals surface area contributed by atoms with Crippen LogP contribution >= 0.6 is 0 Å². The Labute approximate surface area is 167 Å². The van der Waals surface area contributed by atoms with Gasteiger partial charge in [-0.05, 0) is 50.1 Å². The van der Waals surface area contributed by atoms with Crippen LogP contribution in [0.4, 0.5) is 0 Å². The lowest BCUT2D eigenvalue weighted by Gasteiger charge is -2.07. The summed E-state index contributed by atoms with van der Waals surface area (Å²) in [7, 11) is 1.88. The smallest absolute Gasteiger partial charge is 0.344 e. The van der Waals surface area contributed by atoms with E-state index in [0.717, 1.165) is 44.3 Å². The van der Waals surface area contributed by atoms with Gasteiger partial charge in [-0.2, -0.15) is 0 Å². The monoisotopic (exact) mass is 384 g/mol. The highest BCUT2D eigenvalue weighted by Gasteiger charge is 2.09. The molecule has 0 aliphatic carbocycles. The highest BCUT2D eigenvalue weighted by Crippen LogP contribution is 2.14. The number of nitrogens with zero attached hydrogens (tertiary/aromatic N) is 1. The molecule has 0 radical (unpaired) electrons. The van der Waals surface area contributed by atoms with E-state index in [1.54, 1.807) is 31.3 Å². The fourth-order valence-electron chi connectivity index (χ4n) is 2.84. The molecule has 5 nitrogen and oxygen atoms in total. The number of carbonyl (C=O) groups excluding carboxylic acids is 2. The average Bonchev–Trinajstić information content (AvgIpc) is 2.69. The van der Waals surface area contributed by atoms with E-state index in [4.69, 9.17) is 9.47 Å². The summed E-state index contributed by atoms with van der Waals surface area (Å²) in [5.74, 6) is 0.610. The van der Waals surface area contributed by atoms with Gasteiger partial charge >= 0.3 is 5.97 Å². The number of rotatable bonds is 12. The van der Waals surface area contributed by atoms with E-state index in [0.29, 0.717) is 24.3 Å². The maximum atomic E-state index is 11.9. The van der Waals surface area contributed by atoms with Crippen molar-refractivity contribution in [3.63, 3.8) is 0 Å². The molecule has 1 aromatic heterocycles. The molecule has 5 heteroatoms. The van der Waals surface area contributed by atoms with Crippen LogP contribution in [0.2, 0.25) is 0 Å². The van der Waals surface area contributed by atoms with Gasteiger partial charge in [-0.25, -0.2) is 9.36 Å². The van der Waals surface area contributed by atoms with Crippen LogP contribution in [0.25, 0.3) is 0 Å². The Morgan fingerprint density at radius 3 is 2.14 bits per heavy atom. The van der Waals surface area contributed by atoms with Gasteiger partial charge in [0.2, 0.25) is 0 Å². The SMILES string of the molecule is CC(=O)c1ccc(OCCCCCCCCOC(=O)c2ccc[n+](C)c2)cc1. The number of aryl methyl sites for hydroxylation is 1. The van der Waals surface area contributed by atoms with Crippen molar-refractivity contribution in [1.29, 1.82) is 0 Å². The molecular formula is C23H30NO4+. The van der Waals surface area contributed by atoms with Crippen LogP contribution in [0.15, 0.2) is 48.8 Å². The first-order valence-electron chi connectivity index (χ1n) is 9.92. The Balaban J connectivity index is 1.45. The summed E-state index contributed by atoms with van der Waals surface area (Å²) in [5, 5.41) is 0. The second-order valence-electron chi connectivity index (χ2n) is 6.94. The van der Waals surface area contributed by atoms with Crippen molar-refractivity contribution >= 4 is 11.8 Å². The number of carbonyl (C=O) groups is 2. The fraction of sp³-hybridized carbons (Fsp3) is 0.435. The molecule has 0 unspecified atom stereocenters. The summed E-state index contributed by atoms with van der Waals surface area (Å²) >= 11 is 0. The summed E-state index contributed by atoms with van der Waals surface area (Å²) in [6.45, 7) is 2.71. The van der Waals surface area contributed by atoms with Gasteiger partial charge in [0.1, 0.15) is 18.4 Å². The fourth-order valence-corrected chi connectivity index (χ4v) is 2.84. The predicted octanol–water partition coefficient (Wildman–Crippen LogP) is 4.29. The molecule has 0 fully saturated rings. The molecule has 0 spiro atoms. The predicted molar refractivity (Wildman–Crippen MR) is 108 cm³/mol. The van der Waals surface area contributed by atoms with Crippen molar-refractivity contribution < 1.29 is 23.6 Å². The zero-order chi connectivity index (χ0) is 20.2. The third-order valence-electron chi connectivity index (χ3n) is 4.48. The van der Waals surface area contributed by atoms with E-state index in [1.807, 2.05) is 36.0 Å². The zero-order valence-corrected chi connectivity index (χ0v) is 16.9. The average molecular weight is 384 g/mol. The van der Waals surface area contributed by atoms with Gasteiger partial charge in [-0.1, -0.05) is 25.7 Å². The number of unbranched alkanes of at least 4 members (excludes halogenated alkanes) is 5. The van der Waals surface area contributed by atoms with E-state index in [9.17, 15) is 9.59 Å². The van der Waals surface area contributed by atoms with Gasteiger partial charge in [0.25, 0.3) is 0 Å². The third kappa shape index (κ3) is 7.91. The maximum absolute atomic E-state index is 11.9. The second-order valence-corrected chi connectivity index (χ2v) is 6.94. The molecule has 0 aliphatic rings. The normalized spacial score (nSPS) is 10.5. The Morgan fingerprint density at radius 1 is 0.857 bits per heavy atom. The number of aromatic nitrogens is 1. The van der Waals surface area contributed by atoms with Crippen LogP contribution in [-0.2, 0) is 11.8 Å². The topological polar surface area (TPSA) is 56.5 Å². The van der Waals surface area contributed by atoms with E-state index < -0.39 is 0 Å². The standard InChI is InChI=1S/C23H30NO4/c1-19(25)20-11-13-22(14-12-20)27-16-7-5-3-4-6-8-17-28-23(26)21-10-9-15-24(2)18-21/h9-15,18H,3-8,16-17H2,1-2H3/q+1. The molecular weight excluding hydrogens is 354 g/mol. The Bertz CT molecular complexity index is 755. The first-order chi connectivity index (χ1) is 13.6. The Morgan fingerprint density at radius 2 is 1.50 bits per heavy atom. The summed E-state index contributed by atoms with van der Waals surface area (Å²) in [6.07, 6.45) is 10.0. The molecule has 0 saturated heterocycles. The molecule has 0 aliphatic heterocycles. The van der Waals surface area contributed by atoms with E-state index in [1.165, 1.54) is 0 Å². The minimum Gasteiger partial charge on any atom is -0.494 e. The van der Waals surface area contributed by atoms with Crippen molar-refractivity contribution in [3.8, 4) is 5.75 Å². The molecule has 0 saturated carbocycles. The van der Waals surface area contributed by atoms with Crippen molar-refractivity contribution in [3.05, 3.63) is 59.9 Å². The molecule has 0 bridgehead atoms. The summed E-state index contributed by atoms with van der Waals surface area (Å²) < 4.78 is 12.8.